The summed E-state index contributed by atoms with van der Waals surface area (Å²) < 4.78 is 34.1. The molecule has 0 aliphatic carbocycles. The molecule has 3 unspecified atom stereocenters. The zero-order valence-electron chi connectivity index (χ0n) is 16.1. The Labute approximate surface area is 164 Å². The Balaban J connectivity index is 1.45. The van der Waals surface area contributed by atoms with Crippen LogP contribution in [0.4, 0.5) is 8.78 Å². The lowest BCUT2D eigenvalue weighted by molar-refractivity contribution is 0.155. The molecule has 2 aliphatic heterocycles. The first-order chi connectivity index (χ1) is 13.6. The molecule has 150 valence electrons. The van der Waals surface area contributed by atoms with Gasteiger partial charge in [-0.1, -0.05) is 11.6 Å². The van der Waals surface area contributed by atoms with Crippen LogP contribution in [0.5, 0.6) is 0 Å². The number of nitrogens with zero attached hydrogens (tertiary/aromatic N) is 1. The maximum atomic E-state index is 14.3. The monoisotopic (exact) mass is 387 g/mol. The summed E-state index contributed by atoms with van der Waals surface area (Å²) in [5.41, 5.74) is 7.88. The second kappa shape index (κ2) is 8.55. The first-order valence-corrected chi connectivity index (χ1v) is 9.97. The van der Waals surface area contributed by atoms with Gasteiger partial charge in [-0.2, -0.15) is 0 Å². The van der Waals surface area contributed by atoms with Gasteiger partial charge in [0.2, 0.25) is 0 Å². The van der Waals surface area contributed by atoms with Crippen molar-refractivity contribution in [1.82, 2.24) is 15.8 Å². The van der Waals surface area contributed by atoms with Gasteiger partial charge in [-0.15, -0.1) is 0 Å². The summed E-state index contributed by atoms with van der Waals surface area (Å²) in [7, 11) is 0. The van der Waals surface area contributed by atoms with E-state index in [9.17, 15) is 8.78 Å². The zero-order valence-corrected chi connectivity index (χ0v) is 16.1. The number of halogens is 2. The van der Waals surface area contributed by atoms with E-state index in [2.05, 4.69) is 28.8 Å². The number of hydrogen-bond acceptors (Lipinski definition) is 4. The number of nitrogens with one attached hydrogen (secondary N) is 2. The van der Waals surface area contributed by atoms with E-state index in [1.54, 1.807) is 6.26 Å². The first kappa shape index (κ1) is 19.3. The number of likely N-dealkylation sites (tertiary alicyclic amines) is 1. The molecule has 2 saturated heterocycles. The Morgan fingerprint density at radius 1 is 1.25 bits per heavy atom. The summed E-state index contributed by atoms with van der Waals surface area (Å²) >= 11 is 0. The predicted molar refractivity (Wildman–Crippen MR) is 106 cm³/mol. The Morgan fingerprint density at radius 3 is 2.82 bits per heavy atom. The first-order valence-electron chi connectivity index (χ1n) is 9.97. The van der Waals surface area contributed by atoms with Crippen molar-refractivity contribution in [1.29, 1.82) is 0 Å². The topological polar surface area (TPSA) is 40.4 Å². The van der Waals surface area contributed by atoms with Crippen LogP contribution >= 0.6 is 0 Å². The van der Waals surface area contributed by atoms with Crippen LogP contribution < -0.4 is 10.9 Å². The van der Waals surface area contributed by atoms with Gasteiger partial charge in [0, 0.05) is 37.2 Å². The minimum atomic E-state index is -0.453. The van der Waals surface area contributed by atoms with E-state index in [0.717, 1.165) is 38.2 Å². The molecule has 28 heavy (non-hydrogen) atoms. The third kappa shape index (κ3) is 4.19. The molecule has 3 atom stereocenters. The molecule has 0 bridgehead atoms. The van der Waals surface area contributed by atoms with Crippen LogP contribution in [0.25, 0.3) is 6.08 Å². The molecule has 0 spiro atoms. The second-order valence-electron chi connectivity index (χ2n) is 7.94. The van der Waals surface area contributed by atoms with Crippen molar-refractivity contribution in [2.24, 2.45) is 5.92 Å². The highest BCUT2D eigenvalue weighted by Crippen LogP contribution is 2.34. The SMILES string of the molecule is C/C(=C\c1ccco1)CN1CCCC(C2NNCC2c2c(F)cccc2F)C1. The van der Waals surface area contributed by atoms with E-state index in [0.29, 0.717) is 12.5 Å². The number of furan rings is 1. The van der Waals surface area contributed by atoms with Crippen LogP contribution in [0, 0.1) is 17.6 Å². The molecule has 1 aromatic heterocycles. The average molecular weight is 387 g/mol. The van der Waals surface area contributed by atoms with E-state index >= 15 is 0 Å². The van der Waals surface area contributed by atoms with Crippen LogP contribution in [-0.4, -0.2) is 37.1 Å². The summed E-state index contributed by atoms with van der Waals surface area (Å²) in [5, 5.41) is 0. The van der Waals surface area contributed by atoms with Crippen LogP contribution in [0.1, 0.15) is 37.0 Å². The highest BCUT2D eigenvalue weighted by atomic mass is 19.1. The van der Waals surface area contributed by atoms with Gasteiger partial charge >= 0.3 is 0 Å². The number of piperidine rings is 1. The quantitative estimate of drug-likeness (QED) is 0.816. The third-order valence-electron chi connectivity index (χ3n) is 5.85. The summed E-state index contributed by atoms with van der Waals surface area (Å²) in [5.74, 6) is 0.0914. The molecule has 1 aromatic carbocycles. The molecule has 3 heterocycles. The van der Waals surface area contributed by atoms with E-state index in [1.165, 1.54) is 23.8 Å². The summed E-state index contributed by atoms with van der Waals surface area (Å²) in [6.07, 6.45) is 5.89. The number of rotatable bonds is 5. The smallest absolute Gasteiger partial charge is 0.129 e. The number of benzene rings is 1. The maximum absolute atomic E-state index is 14.3. The van der Waals surface area contributed by atoms with Crippen molar-refractivity contribution in [2.45, 2.75) is 31.7 Å². The fraction of sp³-hybridized carbons (Fsp3) is 0.455. The van der Waals surface area contributed by atoms with Crippen LogP contribution in [0.15, 0.2) is 46.6 Å². The third-order valence-corrected chi connectivity index (χ3v) is 5.85. The van der Waals surface area contributed by atoms with Crippen LogP contribution in [0.3, 0.4) is 0 Å². The summed E-state index contributed by atoms with van der Waals surface area (Å²) in [6.45, 7) is 5.47. The van der Waals surface area contributed by atoms with Gasteiger partial charge in [-0.25, -0.2) is 8.78 Å². The molecular weight excluding hydrogens is 360 g/mol. The predicted octanol–water partition coefficient (Wildman–Crippen LogP) is 3.93. The molecule has 4 nitrogen and oxygen atoms in total. The van der Waals surface area contributed by atoms with Crippen LogP contribution in [0.2, 0.25) is 0 Å². The average Bonchev–Trinajstić information content (AvgIpc) is 3.34. The van der Waals surface area contributed by atoms with E-state index in [-0.39, 0.29) is 17.5 Å². The second-order valence-corrected chi connectivity index (χ2v) is 7.94. The summed E-state index contributed by atoms with van der Waals surface area (Å²) in [4.78, 5) is 2.43. The van der Waals surface area contributed by atoms with Gasteiger partial charge < -0.3 is 4.42 Å². The van der Waals surface area contributed by atoms with Crippen molar-refractivity contribution in [2.75, 3.05) is 26.2 Å². The minimum Gasteiger partial charge on any atom is -0.465 e. The van der Waals surface area contributed by atoms with E-state index in [4.69, 9.17) is 4.42 Å². The van der Waals surface area contributed by atoms with Crippen LogP contribution in [-0.2, 0) is 0 Å². The lowest BCUT2D eigenvalue weighted by Gasteiger charge is -2.37. The number of hydrogen-bond donors (Lipinski definition) is 2. The molecule has 2 aromatic rings. The molecule has 2 fully saturated rings. The normalized spacial score (nSPS) is 26.7. The van der Waals surface area contributed by atoms with Crippen molar-refractivity contribution in [3.8, 4) is 0 Å². The van der Waals surface area contributed by atoms with Gasteiger partial charge in [0.05, 0.1) is 6.26 Å². The van der Waals surface area contributed by atoms with Gasteiger partial charge in [-0.05, 0) is 62.6 Å². The fourth-order valence-electron chi connectivity index (χ4n) is 4.65. The maximum Gasteiger partial charge on any atom is 0.129 e. The molecule has 6 heteroatoms. The van der Waals surface area contributed by atoms with Gasteiger partial charge in [0.15, 0.2) is 0 Å². The minimum absolute atomic E-state index is 0.0172. The largest absolute Gasteiger partial charge is 0.465 e. The highest BCUT2D eigenvalue weighted by molar-refractivity contribution is 5.46. The molecule has 4 rings (SSSR count). The van der Waals surface area contributed by atoms with Crippen molar-refractivity contribution >= 4 is 6.08 Å². The Bertz CT molecular complexity index is 801. The zero-order chi connectivity index (χ0) is 19.5. The van der Waals surface area contributed by atoms with Crippen molar-refractivity contribution in [3.63, 3.8) is 0 Å². The van der Waals surface area contributed by atoms with Crippen molar-refractivity contribution in [3.05, 3.63) is 65.1 Å². The summed E-state index contributed by atoms with van der Waals surface area (Å²) in [6, 6.07) is 7.98. The lowest BCUT2D eigenvalue weighted by atomic mass is 9.80. The molecular formula is C22H27F2N3O. The van der Waals surface area contributed by atoms with Gasteiger partial charge in [0.25, 0.3) is 0 Å². The van der Waals surface area contributed by atoms with Crippen molar-refractivity contribution < 1.29 is 13.2 Å². The number of hydrazine groups is 1. The van der Waals surface area contributed by atoms with Gasteiger partial charge in [0.1, 0.15) is 17.4 Å². The molecule has 0 amide bonds. The molecule has 2 N–H and O–H groups in total. The Morgan fingerprint density at radius 2 is 2.07 bits per heavy atom. The lowest BCUT2D eigenvalue weighted by Crippen LogP contribution is -2.47. The fourth-order valence-corrected chi connectivity index (χ4v) is 4.65. The molecule has 0 saturated carbocycles. The van der Waals surface area contributed by atoms with E-state index < -0.39 is 11.6 Å². The van der Waals surface area contributed by atoms with Gasteiger partial charge in [-0.3, -0.25) is 15.8 Å². The Kier molecular flexibility index (Phi) is 5.90. The highest BCUT2D eigenvalue weighted by Gasteiger charge is 2.38. The van der Waals surface area contributed by atoms with E-state index in [1.807, 2.05) is 12.1 Å². The molecule has 2 aliphatic rings. The standard InChI is InChI=1S/C22H27F2N3O/c1-15(11-17-6-4-10-28-17)13-27-9-3-5-16(14-27)22-18(12-25-26-22)21-19(23)7-2-8-20(21)24/h2,4,6-8,10-11,16,18,22,25-26H,3,5,9,12-14H2,1H3/b15-11+. The Hall–Kier alpha value is -2.02. The molecule has 0 radical (unpaired) electrons.